The van der Waals surface area contributed by atoms with Crippen molar-refractivity contribution in [3.8, 4) is 0 Å². The summed E-state index contributed by atoms with van der Waals surface area (Å²) in [7, 11) is 0. The molecule has 0 bridgehead atoms. The van der Waals surface area contributed by atoms with E-state index < -0.39 is 0 Å². The van der Waals surface area contributed by atoms with Crippen LogP contribution in [0.1, 0.15) is 40.0 Å². The van der Waals surface area contributed by atoms with E-state index in [1.807, 2.05) is 6.92 Å². The van der Waals surface area contributed by atoms with Crippen LogP contribution >= 0.6 is 12.4 Å². The highest BCUT2D eigenvalue weighted by molar-refractivity contribution is 5.85. The fraction of sp³-hybridized carbons (Fsp3) is 0.923. The highest BCUT2D eigenvalue weighted by Crippen LogP contribution is 2.18. The molecule has 3 atom stereocenters. The second-order valence-electron chi connectivity index (χ2n) is 5.16. The molecule has 0 aliphatic carbocycles. The fourth-order valence-corrected chi connectivity index (χ4v) is 2.11. The van der Waals surface area contributed by atoms with Gasteiger partial charge in [0.15, 0.2) is 0 Å². The molecule has 0 aromatic carbocycles. The molecule has 1 rings (SSSR count). The third kappa shape index (κ3) is 5.12. The van der Waals surface area contributed by atoms with Gasteiger partial charge >= 0.3 is 0 Å². The van der Waals surface area contributed by atoms with Gasteiger partial charge < -0.3 is 15.8 Å². The lowest BCUT2D eigenvalue weighted by Crippen LogP contribution is -2.50. The summed E-state index contributed by atoms with van der Waals surface area (Å²) in [5.41, 5.74) is 6.01. The van der Waals surface area contributed by atoms with Crippen molar-refractivity contribution < 1.29 is 9.53 Å². The molecule has 1 amide bonds. The molecule has 5 heteroatoms. The molecule has 1 fully saturated rings. The van der Waals surface area contributed by atoms with Gasteiger partial charge in [-0.05, 0) is 31.6 Å². The fourth-order valence-electron chi connectivity index (χ4n) is 2.11. The van der Waals surface area contributed by atoms with Crippen LogP contribution in [0.2, 0.25) is 0 Å². The Bertz CT molecular complexity index is 245. The van der Waals surface area contributed by atoms with Gasteiger partial charge in [0.05, 0.1) is 6.04 Å². The number of carbonyl (C=O) groups excluding carboxylic acids is 1. The number of hydrogen-bond acceptors (Lipinski definition) is 3. The summed E-state index contributed by atoms with van der Waals surface area (Å²) >= 11 is 0. The number of hydrogen-bond donors (Lipinski definition) is 2. The molecule has 0 spiro atoms. The topological polar surface area (TPSA) is 64.4 Å². The monoisotopic (exact) mass is 278 g/mol. The van der Waals surface area contributed by atoms with Crippen molar-refractivity contribution in [2.45, 2.75) is 52.1 Å². The molecule has 1 heterocycles. The predicted molar refractivity (Wildman–Crippen MR) is 75.8 cm³/mol. The molecule has 1 saturated heterocycles. The molecule has 108 valence electrons. The van der Waals surface area contributed by atoms with E-state index in [0.29, 0.717) is 5.92 Å². The van der Waals surface area contributed by atoms with Gasteiger partial charge in [0.2, 0.25) is 5.91 Å². The molecule has 1 aliphatic heterocycles. The second kappa shape index (κ2) is 8.73. The first-order valence-corrected chi connectivity index (χ1v) is 6.70. The number of ether oxygens (including phenoxy) is 1. The first-order chi connectivity index (χ1) is 8.06. The molecule has 4 nitrogen and oxygen atoms in total. The first kappa shape index (κ1) is 17.7. The number of rotatable bonds is 5. The van der Waals surface area contributed by atoms with Gasteiger partial charge in [-0.15, -0.1) is 12.4 Å². The Morgan fingerprint density at radius 3 is 2.44 bits per heavy atom. The van der Waals surface area contributed by atoms with Gasteiger partial charge in [0.1, 0.15) is 0 Å². The van der Waals surface area contributed by atoms with Crippen LogP contribution in [-0.4, -0.2) is 31.2 Å². The molecule has 0 radical (unpaired) electrons. The Kier molecular flexibility index (Phi) is 8.57. The summed E-state index contributed by atoms with van der Waals surface area (Å²) in [5.74, 6) is 0.749. The number of nitrogens with one attached hydrogen (secondary N) is 1. The van der Waals surface area contributed by atoms with Crippen LogP contribution in [0.5, 0.6) is 0 Å². The SMILES string of the molecule is CCC(C)C(C)NC(=O)C(N)C1CCOCC1.Cl. The quantitative estimate of drug-likeness (QED) is 0.805. The number of amides is 1. The molecular formula is C13H27ClN2O2. The first-order valence-electron chi connectivity index (χ1n) is 6.70. The smallest absolute Gasteiger partial charge is 0.237 e. The van der Waals surface area contributed by atoms with Gasteiger partial charge in [0.25, 0.3) is 0 Å². The lowest BCUT2D eigenvalue weighted by atomic mass is 9.91. The molecule has 0 aromatic heterocycles. The average molecular weight is 279 g/mol. The van der Waals surface area contributed by atoms with Crippen molar-refractivity contribution in [3.05, 3.63) is 0 Å². The highest BCUT2D eigenvalue weighted by atomic mass is 35.5. The maximum absolute atomic E-state index is 12.0. The summed E-state index contributed by atoms with van der Waals surface area (Å²) in [6.45, 7) is 7.78. The maximum Gasteiger partial charge on any atom is 0.237 e. The number of carbonyl (C=O) groups is 1. The van der Waals surface area contributed by atoms with E-state index in [0.717, 1.165) is 32.5 Å². The zero-order valence-corrected chi connectivity index (χ0v) is 12.5. The largest absolute Gasteiger partial charge is 0.381 e. The molecule has 18 heavy (non-hydrogen) atoms. The van der Waals surface area contributed by atoms with Crippen molar-refractivity contribution in [3.63, 3.8) is 0 Å². The molecular weight excluding hydrogens is 252 g/mol. The predicted octanol–water partition coefficient (Wildman–Crippen LogP) is 1.71. The lowest BCUT2D eigenvalue weighted by molar-refractivity contribution is -0.125. The zero-order valence-electron chi connectivity index (χ0n) is 11.6. The summed E-state index contributed by atoms with van der Waals surface area (Å²) in [6.07, 6.45) is 2.85. The zero-order chi connectivity index (χ0) is 12.8. The summed E-state index contributed by atoms with van der Waals surface area (Å²) in [5, 5.41) is 3.02. The number of nitrogens with two attached hydrogens (primary N) is 1. The lowest BCUT2D eigenvalue weighted by Gasteiger charge is -2.29. The molecule has 1 aliphatic rings. The van der Waals surface area contributed by atoms with Gasteiger partial charge in [0, 0.05) is 19.3 Å². The minimum absolute atomic E-state index is 0. The van der Waals surface area contributed by atoms with Crippen LogP contribution in [0.3, 0.4) is 0 Å². The Morgan fingerprint density at radius 2 is 1.94 bits per heavy atom. The van der Waals surface area contributed by atoms with Gasteiger partial charge in [-0.2, -0.15) is 0 Å². The third-order valence-corrected chi connectivity index (χ3v) is 3.94. The Balaban J connectivity index is 0.00000289. The molecule has 0 aromatic rings. The van der Waals surface area contributed by atoms with Gasteiger partial charge in [-0.3, -0.25) is 4.79 Å². The summed E-state index contributed by atoms with van der Waals surface area (Å²) < 4.78 is 5.28. The Hall–Kier alpha value is -0.320. The second-order valence-corrected chi connectivity index (χ2v) is 5.16. The van der Waals surface area contributed by atoms with E-state index in [1.165, 1.54) is 0 Å². The van der Waals surface area contributed by atoms with Crippen LogP contribution in [0.4, 0.5) is 0 Å². The van der Waals surface area contributed by atoms with Crippen LogP contribution in [0.25, 0.3) is 0 Å². The molecule has 3 N–H and O–H groups in total. The van der Waals surface area contributed by atoms with Gasteiger partial charge in [-0.1, -0.05) is 20.3 Å². The molecule has 3 unspecified atom stereocenters. The minimum Gasteiger partial charge on any atom is -0.381 e. The van der Waals surface area contributed by atoms with Crippen molar-refractivity contribution in [2.24, 2.45) is 17.6 Å². The summed E-state index contributed by atoms with van der Waals surface area (Å²) in [4.78, 5) is 12.0. The summed E-state index contributed by atoms with van der Waals surface area (Å²) in [6, 6.07) is -0.191. The van der Waals surface area contributed by atoms with E-state index in [1.54, 1.807) is 0 Å². The average Bonchev–Trinajstić information content (AvgIpc) is 2.37. The van der Waals surface area contributed by atoms with E-state index in [2.05, 4.69) is 19.2 Å². The standard InChI is InChI=1S/C13H26N2O2.ClH/c1-4-9(2)10(3)15-13(16)12(14)11-5-7-17-8-6-11;/h9-12H,4-8,14H2,1-3H3,(H,15,16);1H. The van der Waals surface area contributed by atoms with Crippen LogP contribution in [0, 0.1) is 11.8 Å². The van der Waals surface area contributed by atoms with E-state index in [9.17, 15) is 4.79 Å². The van der Waals surface area contributed by atoms with Crippen molar-refractivity contribution >= 4 is 18.3 Å². The number of halogens is 1. The van der Waals surface area contributed by atoms with E-state index in [-0.39, 0.29) is 36.3 Å². The van der Waals surface area contributed by atoms with Gasteiger partial charge in [-0.25, -0.2) is 0 Å². The third-order valence-electron chi connectivity index (χ3n) is 3.94. The van der Waals surface area contributed by atoms with E-state index >= 15 is 0 Å². The van der Waals surface area contributed by atoms with Crippen molar-refractivity contribution in [1.82, 2.24) is 5.32 Å². The van der Waals surface area contributed by atoms with Crippen LogP contribution in [0.15, 0.2) is 0 Å². The van der Waals surface area contributed by atoms with Crippen LogP contribution < -0.4 is 11.1 Å². The minimum atomic E-state index is -0.384. The normalized spacial score (nSPS) is 21.6. The van der Waals surface area contributed by atoms with Crippen molar-refractivity contribution in [2.75, 3.05) is 13.2 Å². The Morgan fingerprint density at radius 1 is 1.39 bits per heavy atom. The molecule has 0 saturated carbocycles. The van der Waals surface area contributed by atoms with E-state index in [4.69, 9.17) is 10.5 Å². The highest BCUT2D eigenvalue weighted by Gasteiger charge is 2.27. The Labute approximate surface area is 116 Å². The van der Waals surface area contributed by atoms with Crippen LogP contribution in [-0.2, 0) is 9.53 Å². The maximum atomic E-state index is 12.0. The van der Waals surface area contributed by atoms with Crippen molar-refractivity contribution in [1.29, 1.82) is 0 Å².